The molecule has 0 saturated carbocycles. The van der Waals surface area contributed by atoms with Gasteiger partial charge in [0.15, 0.2) is 11.5 Å². The van der Waals surface area contributed by atoms with Crippen LogP contribution in [0.15, 0.2) is 23.4 Å². The molecule has 0 saturated heterocycles. The molecule has 0 radical (unpaired) electrons. The highest BCUT2D eigenvalue weighted by Crippen LogP contribution is 2.28. The minimum atomic E-state index is -0.930. The lowest BCUT2D eigenvalue weighted by molar-refractivity contribution is 0.0509. The number of nitrogens with zero attached hydrogens (tertiary/aromatic N) is 3. The van der Waals surface area contributed by atoms with Crippen LogP contribution in [0, 0.1) is 5.82 Å². The minimum absolute atomic E-state index is 0.0157. The second-order valence-corrected chi connectivity index (χ2v) is 5.45. The van der Waals surface area contributed by atoms with Crippen LogP contribution in [-0.4, -0.2) is 21.6 Å². The quantitative estimate of drug-likeness (QED) is 0.514. The predicted molar refractivity (Wildman–Crippen MR) is 86.1 cm³/mol. The summed E-state index contributed by atoms with van der Waals surface area (Å²) in [6.07, 6.45) is 0. The summed E-state index contributed by atoms with van der Waals surface area (Å²) in [5.74, 6) is -1.90. The van der Waals surface area contributed by atoms with Crippen LogP contribution in [0.2, 0.25) is 10.0 Å². The molecule has 1 aromatic heterocycles. The van der Waals surface area contributed by atoms with Gasteiger partial charge in [-0.15, -0.1) is 0 Å². The van der Waals surface area contributed by atoms with E-state index < -0.39 is 11.8 Å². The van der Waals surface area contributed by atoms with Gasteiger partial charge in [0.25, 0.3) is 0 Å². The topological polar surface area (TPSA) is 90.5 Å². The summed E-state index contributed by atoms with van der Waals surface area (Å²) in [4.78, 5) is 24.4. The molecule has 0 unspecified atom stereocenters. The maximum Gasteiger partial charge on any atom is 0.385 e. The second kappa shape index (κ2) is 6.89. The van der Waals surface area contributed by atoms with E-state index in [1.807, 2.05) is 0 Å². The van der Waals surface area contributed by atoms with Gasteiger partial charge in [0.1, 0.15) is 16.7 Å². The summed E-state index contributed by atoms with van der Waals surface area (Å²) in [5, 5.41) is 3.53. The number of rotatable bonds is 3. The van der Waals surface area contributed by atoms with Crippen LogP contribution < -0.4 is 5.73 Å². The van der Waals surface area contributed by atoms with E-state index in [9.17, 15) is 9.18 Å². The fraction of sp³-hybridized carbons (Fsp3) is 0.143. The molecule has 120 valence electrons. The first-order valence-corrected chi connectivity index (χ1v) is 7.06. The molecule has 0 fully saturated rings. The summed E-state index contributed by atoms with van der Waals surface area (Å²) >= 11 is 11.6. The smallest absolute Gasteiger partial charge is 0.382 e. The number of carbonyl (C=O) groups is 1. The monoisotopic (exact) mass is 356 g/mol. The number of anilines is 1. The number of carbonyl (C=O) groups excluding carboxylic acids is 1. The van der Waals surface area contributed by atoms with Crippen LogP contribution >= 0.6 is 23.2 Å². The highest BCUT2D eigenvalue weighted by molar-refractivity contribution is 6.35. The fourth-order valence-corrected chi connectivity index (χ4v) is 1.89. The normalized spacial score (nSPS) is 10.3. The molecule has 0 aliphatic carbocycles. The molecule has 2 rings (SSSR count). The molecular formula is C14H11Cl2FN4O2. The summed E-state index contributed by atoms with van der Waals surface area (Å²) in [5.41, 5.74) is 5.88. The summed E-state index contributed by atoms with van der Waals surface area (Å²) in [7, 11) is 0. The van der Waals surface area contributed by atoms with Crippen LogP contribution in [0.1, 0.15) is 24.3 Å². The molecule has 0 spiro atoms. The van der Waals surface area contributed by atoms with Crippen molar-refractivity contribution in [2.45, 2.75) is 13.8 Å². The number of benzene rings is 1. The minimum Gasteiger partial charge on any atom is -0.382 e. The summed E-state index contributed by atoms with van der Waals surface area (Å²) in [6.45, 7) is 3.27. The SMILES string of the molecule is CC(C)=NOC(=O)c1nc(-c2ccc(Cl)cc2F)nc(N)c1Cl. The molecular weight excluding hydrogens is 346 g/mol. The van der Waals surface area contributed by atoms with Crippen LogP contribution in [0.4, 0.5) is 10.2 Å². The van der Waals surface area contributed by atoms with E-state index >= 15 is 0 Å². The van der Waals surface area contributed by atoms with Gasteiger partial charge < -0.3 is 10.6 Å². The van der Waals surface area contributed by atoms with Gasteiger partial charge >= 0.3 is 5.97 Å². The number of nitrogens with two attached hydrogens (primary N) is 1. The lowest BCUT2D eigenvalue weighted by Crippen LogP contribution is -2.10. The predicted octanol–water partition coefficient (Wildman–Crippen LogP) is 3.72. The van der Waals surface area contributed by atoms with E-state index in [4.69, 9.17) is 28.9 Å². The molecule has 2 N–H and O–H groups in total. The third-order valence-corrected chi connectivity index (χ3v) is 3.16. The van der Waals surface area contributed by atoms with Gasteiger partial charge in [-0.3, -0.25) is 0 Å². The number of hydrogen-bond acceptors (Lipinski definition) is 6. The first-order valence-electron chi connectivity index (χ1n) is 6.30. The fourth-order valence-electron chi connectivity index (χ4n) is 1.57. The Morgan fingerprint density at radius 2 is 2.00 bits per heavy atom. The van der Waals surface area contributed by atoms with Gasteiger partial charge in [0, 0.05) is 5.02 Å². The average Bonchev–Trinajstić information content (AvgIpc) is 2.47. The number of nitrogen functional groups attached to an aromatic ring is 1. The average molecular weight is 357 g/mol. The lowest BCUT2D eigenvalue weighted by Gasteiger charge is -2.08. The first kappa shape index (κ1) is 17.1. The Morgan fingerprint density at radius 3 is 2.61 bits per heavy atom. The Kier molecular flexibility index (Phi) is 5.12. The second-order valence-electron chi connectivity index (χ2n) is 4.64. The highest BCUT2D eigenvalue weighted by atomic mass is 35.5. The van der Waals surface area contributed by atoms with Crippen molar-refractivity contribution < 1.29 is 14.0 Å². The number of oxime groups is 1. The van der Waals surface area contributed by atoms with Crippen molar-refractivity contribution in [3.8, 4) is 11.4 Å². The zero-order valence-corrected chi connectivity index (χ0v) is 13.6. The van der Waals surface area contributed by atoms with E-state index in [1.165, 1.54) is 12.1 Å². The molecule has 6 nitrogen and oxygen atoms in total. The molecule has 1 aromatic carbocycles. The van der Waals surface area contributed by atoms with Crippen LogP contribution in [0.3, 0.4) is 0 Å². The zero-order valence-electron chi connectivity index (χ0n) is 12.1. The van der Waals surface area contributed by atoms with Crippen molar-refractivity contribution in [3.05, 3.63) is 39.8 Å². The Balaban J connectivity index is 2.51. The van der Waals surface area contributed by atoms with Crippen molar-refractivity contribution in [1.29, 1.82) is 0 Å². The van der Waals surface area contributed by atoms with Crippen LogP contribution in [0.25, 0.3) is 11.4 Å². The van der Waals surface area contributed by atoms with Crippen LogP contribution in [0.5, 0.6) is 0 Å². The Morgan fingerprint density at radius 1 is 1.30 bits per heavy atom. The van der Waals surface area contributed by atoms with Crippen molar-refractivity contribution in [2.24, 2.45) is 5.16 Å². The third-order valence-electron chi connectivity index (χ3n) is 2.55. The highest BCUT2D eigenvalue weighted by Gasteiger charge is 2.21. The molecule has 9 heteroatoms. The Labute approximate surface area is 141 Å². The summed E-state index contributed by atoms with van der Waals surface area (Å²) < 4.78 is 14.0. The lowest BCUT2D eigenvalue weighted by atomic mass is 10.2. The van der Waals surface area contributed by atoms with Crippen molar-refractivity contribution in [2.75, 3.05) is 5.73 Å². The molecule has 2 aromatic rings. The molecule has 0 bridgehead atoms. The Bertz CT molecular complexity index is 808. The van der Waals surface area contributed by atoms with E-state index in [0.29, 0.717) is 5.71 Å². The molecule has 23 heavy (non-hydrogen) atoms. The van der Waals surface area contributed by atoms with Crippen molar-refractivity contribution >= 4 is 40.7 Å². The van der Waals surface area contributed by atoms with E-state index in [2.05, 4.69) is 20.0 Å². The zero-order chi connectivity index (χ0) is 17.1. The van der Waals surface area contributed by atoms with Gasteiger partial charge in [0.05, 0.1) is 11.3 Å². The van der Waals surface area contributed by atoms with E-state index in [1.54, 1.807) is 13.8 Å². The third kappa shape index (κ3) is 3.94. The standard InChI is InChI=1S/C14H11Cl2FN4O2/c1-6(2)21-23-14(22)11-10(16)12(18)20-13(19-11)8-4-3-7(15)5-9(8)17/h3-5H,1-2H3,(H2,18,19,20). The largest absolute Gasteiger partial charge is 0.385 e. The molecule has 0 aliphatic rings. The van der Waals surface area contributed by atoms with Gasteiger partial charge in [-0.05, 0) is 32.0 Å². The molecule has 0 amide bonds. The molecule has 0 aliphatic heterocycles. The maximum absolute atomic E-state index is 14.0. The van der Waals surface area contributed by atoms with Gasteiger partial charge in [-0.1, -0.05) is 28.4 Å². The summed E-state index contributed by atoms with van der Waals surface area (Å²) in [6, 6.07) is 3.91. The Hall–Kier alpha value is -2.25. The van der Waals surface area contributed by atoms with E-state index in [0.717, 1.165) is 6.07 Å². The van der Waals surface area contributed by atoms with Gasteiger partial charge in [-0.2, -0.15) is 0 Å². The number of halogens is 3. The van der Waals surface area contributed by atoms with Crippen molar-refractivity contribution in [3.63, 3.8) is 0 Å². The first-order chi connectivity index (χ1) is 10.8. The van der Waals surface area contributed by atoms with Gasteiger partial charge in [-0.25, -0.2) is 19.2 Å². The molecule has 1 heterocycles. The van der Waals surface area contributed by atoms with Crippen LogP contribution in [-0.2, 0) is 4.84 Å². The maximum atomic E-state index is 14.0. The van der Waals surface area contributed by atoms with Crippen molar-refractivity contribution in [1.82, 2.24) is 9.97 Å². The van der Waals surface area contributed by atoms with Gasteiger partial charge in [0.2, 0.25) is 0 Å². The number of hydrogen-bond donors (Lipinski definition) is 1. The molecule has 0 atom stereocenters. The number of aromatic nitrogens is 2. The van der Waals surface area contributed by atoms with E-state index in [-0.39, 0.29) is 32.9 Å².